The van der Waals surface area contributed by atoms with E-state index in [-0.39, 0.29) is 29.6 Å². The highest BCUT2D eigenvalue weighted by Crippen LogP contribution is 2.34. The van der Waals surface area contributed by atoms with Crippen molar-refractivity contribution in [3.05, 3.63) is 35.4 Å². The van der Waals surface area contributed by atoms with Crippen molar-refractivity contribution in [2.24, 2.45) is 11.8 Å². The Morgan fingerprint density at radius 3 is 2.36 bits per heavy atom. The molecule has 2 unspecified atom stereocenters. The van der Waals surface area contributed by atoms with Crippen LogP contribution in [0.25, 0.3) is 0 Å². The summed E-state index contributed by atoms with van der Waals surface area (Å²) in [6.07, 6.45) is 6.05. The fraction of sp³-hybridized carbons (Fsp3) is 0.619. The Hall–Kier alpha value is -1.84. The number of carbonyl (C=O) groups is 2. The molecule has 25 heavy (non-hydrogen) atoms. The van der Waals surface area contributed by atoms with Crippen LogP contribution in [0.5, 0.6) is 0 Å². The fourth-order valence-electron chi connectivity index (χ4n) is 4.31. The molecule has 1 saturated carbocycles. The number of esters is 1. The maximum absolute atomic E-state index is 12.9. The van der Waals surface area contributed by atoms with Crippen molar-refractivity contribution >= 4 is 11.9 Å². The number of nitrogens with zero attached hydrogens (tertiary/aromatic N) is 1. The minimum Gasteiger partial charge on any atom is -0.469 e. The molecule has 1 aliphatic heterocycles. The zero-order valence-electron chi connectivity index (χ0n) is 15.4. The van der Waals surface area contributed by atoms with Crippen LogP contribution in [-0.2, 0) is 20.7 Å². The second-order valence-corrected chi connectivity index (χ2v) is 7.47. The number of ether oxygens (including phenoxy) is 1. The molecule has 0 N–H and O–H groups in total. The maximum atomic E-state index is 12.9. The third-order valence-corrected chi connectivity index (χ3v) is 5.86. The van der Waals surface area contributed by atoms with Gasteiger partial charge < -0.3 is 9.64 Å². The Morgan fingerprint density at radius 2 is 1.76 bits per heavy atom. The van der Waals surface area contributed by atoms with E-state index in [4.69, 9.17) is 4.74 Å². The maximum Gasteiger partial charge on any atom is 0.310 e. The first-order valence-corrected chi connectivity index (χ1v) is 9.57. The standard InChI is InChI=1S/C21H29NO3/c1-3-15-8-10-16(11-9-15)18-12-19(21(24)25-2)14-22(13-18)20(23)17-6-4-5-7-17/h8-11,17-19H,3-7,12-14H2,1-2H3. The molecule has 2 atom stereocenters. The predicted molar refractivity (Wildman–Crippen MR) is 97.2 cm³/mol. The Labute approximate surface area is 150 Å². The number of methoxy groups -OCH3 is 1. The van der Waals surface area contributed by atoms with Gasteiger partial charge in [0.15, 0.2) is 0 Å². The lowest BCUT2D eigenvalue weighted by atomic mass is 9.83. The molecule has 1 aliphatic carbocycles. The molecule has 1 saturated heterocycles. The lowest BCUT2D eigenvalue weighted by molar-refractivity contribution is -0.150. The second-order valence-electron chi connectivity index (χ2n) is 7.47. The van der Waals surface area contributed by atoms with Crippen molar-refractivity contribution in [3.63, 3.8) is 0 Å². The van der Waals surface area contributed by atoms with Gasteiger partial charge in [-0.25, -0.2) is 0 Å². The van der Waals surface area contributed by atoms with Crippen molar-refractivity contribution in [2.45, 2.75) is 51.4 Å². The molecule has 4 heteroatoms. The molecule has 4 nitrogen and oxygen atoms in total. The van der Waals surface area contributed by atoms with Crippen LogP contribution in [0, 0.1) is 11.8 Å². The number of hydrogen-bond donors (Lipinski definition) is 0. The van der Waals surface area contributed by atoms with Crippen LogP contribution < -0.4 is 0 Å². The molecule has 1 amide bonds. The summed E-state index contributed by atoms with van der Waals surface area (Å²) in [5.41, 5.74) is 2.53. The smallest absolute Gasteiger partial charge is 0.310 e. The van der Waals surface area contributed by atoms with E-state index >= 15 is 0 Å². The van der Waals surface area contributed by atoms with Crippen molar-refractivity contribution in [2.75, 3.05) is 20.2 Å². The molecule has 0 aromatic heterocycles. The van der Waals surface area contributed by atoms with Crippen molar-refractivity contribution in [1.29, 1.82) is 0 Å². The number of hydrogen-bond acceptors (Lipinski definition) is 3. The van der Waals surface area contributed by atoms with Crippen LogP contribution in [0.1, 0.15) is 56.1 Å². The van der Waals surface area contributed by atoms with Gasteiger partial charge in [0, 0.05) is 24.9 Å². The van der Waals surface area contributed by atoms with Crippen molar-refractivity contribution < 1.29 is 14.3 Å². The average Bonchev–Trinajstić information content (AvgIpc) is 3.21. The summed E-state index contributed by atoms with van der Waals surface area (Å²) in [5.74, 6) is 0.175. The topological polar surface area (TPSA) is 46.6 Å². The summed E-state index contributed by atoms with van der Waals surface area (Å²) in [5, 5.41) is 0. The number of amides is 1. The quantitative estimate of drug-likeness (QED) is 0.786. The number of piperidine rings is 1. The van der Waals surface area contributed by atoms with E-state index in [0.717, 1.165) is 38.5 Å². The molecule has 2 fully saturated rings. The summed E-state index contributed by atoms with van der Waals surface area (Å²) < 4.78 is 4.99. The van der Waals surface area contributed by atoms with Gasteiger partial charge in [0.2, 0.25) is 5.91 Å². The normalized spacial score (nSPS) is 24.3. The molecule has 1 aromatic carbocycles. The van der Waals surface area contributed by atoms with Gasteiger partial charge in [-0.2, -0.15) is 0 Å². The Morgan fingerprint density at radius 1 is 1.08 bits per heavy atom. The SMILES string of the molecule is CCc1ccc(C2CC(C(=O)OC)CN(C(=O)C3CCCC3)C2)cc1. The predicted octanol–water partition coefficient (Wildman–Crippen LogP) is 3.54. The van der Waals surface area contributed by atoms with Gasteiger partial charge in [0.1, 0.15) is 0 Å². The third-order valence-electron chi connectivity index (χ3n) is 5.86. The van der Waals surface area contributed by atoms with Crippen LogP contribution in [0.2, 0.25) is 0 Å². The Balaban J connectivity index is 1.78. The molecular weight excluding hydrogens is 314 g/mol. The van der Waals surface area contributed by atoms with Crippen LogP contribution in [0.15, 0.2) is 24.3 Å². The average molecular weight is 343 g/mol. The van der Waals surface area contributed by atoms with Gasteiger partial charge in [-0.3, -0.25) is 9.59 Å². The lowest BCUT2D eigenvalue weighted by Crippen LogP contribution is -2.47. The molecule has 0 bridgehead atoms. The molecule has 3 rings (SSSR count). The van der Waals surface area contributed by atoms with Gasteiger partial charge in [0.25, 0.3) is 0 Å². The Kier molecular flexibility index (Phi) is 5.77. The zero-order valence-corrected chi connectivity index (χ0v) is 15.4. The highest BCUT2D eigenvalue weighted by atomic mass is 16.5. The number of aryl methyl sites for hydroxylation is 1. The van der Waals surface area contributed by atoms with Crippen LogP contribution in [0.3, 0.4) is 0 Å². The highest BCUT2D eigenvalue weighted by molar-refractivity contribution is 5.81. The van der Waals surface area contributed by atoms with E-state index < -0.39 is 0 Å². The molecule has 0 spiro atoms. The van der Waals surface area contributed by atoms with E-state index in [1.807, 2.05) is 4.90 Å². The minimum atomic E-state index is -0.222. The van der Waals surface area contributed by atoms with Gasteiger partial charge >= 0.3 is 5.97 Å². The van der Waals surface area contributed by atoms with Gasteiger partial charge in [-0.1, -0.05) is 44.0 Å². The van der Waals surface area contributed by atoms with Crippen LogP contribution >= 0.6 is 0 Å². The highest BCUT2D eigenvalue weighted by Gasteiger charge is 2.37. The van der Waals surface area contributed by atoms with E-state index in [1.165, 1.54) is 18.2 Å². The molecule has 0 radical (unpaired) electrons. The minimum absolute atomic E-state index is 0.152. The molecule has 1 aromatic rings. The third kappa shape index (κ3) is 4.05. The van der Waals surface area contributed by atoms with E-state index in [0.29, 0.717) is 13.1 Å². The molecule has 2 aliphatic rings. The molecule has 136 valence electrons. The summed E-state index contributed by atoms with van der Waals surface area (Å²) in [6, 6.07) is 8.61. The monoisotopic (exact) mass is 343 g/mol. The van der Waals surface area contributed by atoms with Crippen molar-refractivity contribution in [1.82, 2.24) is 4.90 Å². The van der Waals surface area contributed by atoms with Crippen molar-refractivity contribution in [3.8, 4) is 0 Å². The number of likely N-dealkylation sites (tertiary alicyclic amines) is 1. The fourth-order valence-corrected chi connectivity index (χ4v) is 4.31. The lowest BCUT2D eigenvalue weighted by Gasteiger charge is -2.38. The second kappa shape index (κ2) is 8.03. The van der Waals surface area contributed by atoms with Gasteiger partial charge in [-0.05, 0) is 36.8 Å². The first kappa shape index (κ1) is 18.0. The summed E-state index contributed by atoms with van der Waals surface area (Å²) in [4.78, 5) is 27.0. The van der Waals surface area contributed by atoms with E-state index in [9.17, 15) is 9.59 Å². The summed E-state index contributed by atoms with van der Waals surface area (Å²) >= 11 is 0. The van der Waals surface area contributed by atoms with E-state index in [1.54, 1.807) is 0 Å². The van der Waals surface area contributed by atoms with Crippen LogP contribution in [0.4, 0.5) is 0 Å². The molecule has 1 heterocycles. The van der Waals surface area contributed by atoms with Gasteiger partial charge in [0.05, 0.1) is 13.0 Å². The van der Waals surface area contributed by atoms with E-state index in [2.05, 4.69) is 31.2 Å². The summed E-state index contributed by atoms with van der Waals surface area (Å²) in [6.45, 7) is 3.37. The molecular formula is C21H29NO3. The number of carbonyl (C=O) groups excluding carboxylic acids is 2. The largest absolute Gasteiger partial charge is 0.469 e. The summed E-state index contributed by atoms with van der Waals surface area (Å²) in [7, 11) is 1.44. The number of benzene rings is 1. The van der Waals surface area contributed by atoms with Crippen LogP contribution in [-0.4, -0.2) is 37.0 Å². The van der Waals surface area contributed by atoms with Gasteiger partial charge in [-0.15, -0.1) is 0 Å². The Bertz CT molecular complexity index is 604. The zero-order chi connectivity index (χ0) is 17.8. The number of rotatable bonds is 4. The first-order valence-electron chi connectivity index (χ1n) is 9.57. The first-order chi connectivity index (χ1) is 12.1.